The van der Waals surface area contributed by atoms with Gasteiger partial charge in [0.25, 0.3) is 0 Å². The maximum absolute atomic E-state index is 5.23. The van der Waals surface area contributed by atoms with Gasteiger partial charge in [0, 0.05) is 98.7 Å². The van der Waals surface area contributed by atoms with Crippen LogP contribution in [-0.2, 0) is 4.74 Å². The first-order chi connectivity index (χ1) is 34.8. The third-order valence-electron chi connectivity index (χ3n) is 13.7. The van der Waals surface area contributed by atoms with Crippen molar-refractivity contribution < 1.29 is 4.74 Å². The van der Waals surface area contributed by atoms with E-state index in [-0.39, 0.29) is 13.0 Å². The van der Waals surface area contributed by atoms with Crippen molar-refractivity contribution in [3.63, 3.8) is 0 Å². The lowest BCUT2D eigenvalue weighted by molar-refractivity contribution is 0.00531. The minimum atomic E-state index is 0. The number of nitrogens with zero attached hydrogens (tertiary/aromatic N) is 5. The average molecular weight is 1130 g/mol. The molecular weight excluding hydrogens is 969 g/mol. The second-order valence-corrected chi connectivity index (χ2v) is 32.2. The van der Waals surface area contributed by atoms with Crippen LogP contribution >= 0.6 is 0 Å². The maximum atomic E-state index is 5.23. The molecule has 79 heavy (non-hydrogen) atoms. The zero-order valence-electron chi connectivity index (χ0n) is 61.6. The van der Waals surface area contributed by atoms with E-state index in [1.54, 1.807) is 0 Å². The van der Waals surface area contributed by atoms with Crippen molar-refractivity contribution in [2.75, 3.05) is 98.7 Å². The van der Waals surface area contributed by atoms with Crippen LogP contribution in [0.4, 0.5) is 0 Å². The molecule has 9 nitrogen and oxygen atoms in total. The minimum Gasteiger partial charge on any atom is -0.376 e. The van der Waals surface area contributed by atoms with Gasteiger partial charge in [-0.1, -0.05) is 124 Å². The standard InChI is InChI=1S/2C11H24N2.C8H17N.C8H19N.C7H16.2C6H15N.C6H14O.C6H14.CH4/c2*1-5-6-12-7-9-13(10-8-12)11(2,3)4;1-8(2,3)7-5-4-6-9-7;1-7(2)9(6)8(3,4)5;1-5-6-7(2,3)4;3*1-5-7-6(2,3)4;1-5-6(2,3)4;/h2*5-10H2,1-4H3;7,9H,4-6H2,1-3H3;7H,1-6H3;5-6H2,1-4H3;2*7H,5H2,1-4H3;5H2,1-4H3;5H2,1-4H3;1H4. The second-order valence-electron chi connectivity index (χ2n) is 32.2. The zero-order valence-corrected chi connectivity index (χ0v) is 61.6. The van der Waals surface area contributed by atoms with Gasteiger partial charge in [-0.2, -0.15) is 0 Å². The number of hydrogen-bond donors (Lipinski definition) is 3. The van der Waals surface area contributed by atoms with Crippen molar-refractivity contribution in [1.29, 1.82) is 0 Å². The Morgan fingerprint density at radius 2 is 0.835 bits per heavy atom. The SMILES string of the molecule is C.CC(C)(C)C1CCCN1.CC(C)N(C)C(C)(C)C.CCC(C)(C)C.CCCC(C)(C)C.CCCN1CCN(C(C)(C)C)CC1.CCCN1CCN(C(C)(C)C)CC1.CCNC(C)(C)C.CCNC(C)(C)C.CCOC(C)(C)C. The molecule has 0 aliphatic carbocycles. The molecule has 0 spiro atoms. The molecule has 3 fully saturated rings. The minimum absolute atomic E-state index is 0. The van der Waals surface area contributed by atoms with Gasteiger partial charge in [-0.3, -0.25) is 14.7 Å². The molecule has 3 heterocycles. The van der Waals surface area contributed by atoms with Crippen molar-refractivity contribution >= 4 is 0 Å². The van der Waals surface area contributed by atoms with Crippen molar-refractivity contribution in [1.82, 2.24) is 40.4 Å². The molecular formula is C70H162N8O. The summed E-state index contributed by atoms with van der Waals surface area (Å²) in [4.78, 5) is 12.7. The summed E-state index contributed by atoms with van der Waals surface area (Å²) in [5.41, 5.74) is 3.24. The summed E-state index contributed by atoms with van der Waals surface area (Å²) < 4.78 is 5.23. The molecule has 1 atom stereocenters. The summed E-state index contributed by atoms with van der Waals surface area (Å²) in [7, 11) is 2.16. The third kappa shape index (κ3) is 70.0. The summed E-state index contributed by atoms with van der Waals surface area (Å²) in [5, 5.41) is 10.1. The lowest BCUT2D eigenvalue weighted by Gasteiger charge is -2.42. The number of piperazine rings is 2. The number of hydrogen-bond acceptors (Lipinski definition) is 9. The molecule has 1 unspecified atom stereocenters. The van der Waals surface area contributed by atoms with E-state index >= 15 is 0 Å². The molecule has 3 aliphatic rings. The van der Waals surface area contributed by atoms with Gasteiger partial charge in [0.1, 0.15) is 0 Å². The summed E-state index contributed by atoms with van der Waals surface area (Å²) in [6.45, 7) is 96.4. The molecule has 3 N–H and O–H groups in total. The van der Waals surface area contributed by atoms with Crippen LogP contribution in [0.3, 0.4) is 0 Å². The fourth-order valence-corrected chi connectivity index (χ4v) is 8.36. The van der Waals surface area contributed by atoms with Crippen molar-refractivity contribution in [2.45, 2.75) is 347 Å². The molecule has 0 aromatic carbocycles. The van der Waals surface area contributed by atoms with Crippen molar-refractivity contribution in [3.8, 4) is 0 Å². The number of rotatable bonds is 9. The van der Waals surface area contributed by atoms with E-state index in [4.69, 9.17) is 4.74 Å². The van der Waals surface area contributed by atoms with Gasteiger partial charge in [-0.15, -0.1) is 0 Å². The molecule has 0 radical (unpaired) electrons. The fraction of sp³-hybridized carbons (Fsp3) is 1.00. The van der Waals surface area contributed by atoms with Crippen LogP contribution in [0, 0.1) is 16.2 Å². The molecule has 0 aromatic rings. The van der Waals surface area contributed by atoms with Crippen molar-refractivity contribution in [2.24, 2.45) is 16.2 Å². The number of nitrogens with one attached hydrogen (secondary N) is 3. The predicted molar refractivity (Wildman–Crippen MR) is 368 cm³/mol. The molecule has 3 aliphatic heterocycles. The van der Waals surface area contributed by atoms with Crippen LogP contribution in [0.2, 0.25) is 0 Å². The van der Waals surface area contributed by atoms with Crippen LogP contribution < -0.4 is 16.0 Å². The first-order valence-corrected chi connectivity index (χ1v) is 32.4. The van der Waals surface area contributed by atoms with E-state index in [9.17, 15) is 0 Å². The Kier molecular flexibility index (Phi) is 53.7. The lowest BCUT2D eigenvalue weighted by Crippen LogP contribution is -2.53. The maximum Gasteiger partial charge on any atom is 0.0598 e. The highest BCUT2D eigenvalue weighted by Gasteiger charge is 2.28. The highest BCUT2D eigenvalue weighted by molar-refractivity contribution is 4.85. The Labute approximate surface area is 505 Å². The zero-order chi connectivity index (χ0) is 63.2. The Hall–Kier alpha value is -0.360. The van der Waals surface area contributed by atoms with Crippen LogP contribution in [0.15, 0.2) is 0 Å². The summed E-state index contributed by atoms with van der Waals surface area (Å²) in [6.07, 6.45) is 9.22. The highest BCUT2D eigenvalue weighted by Crippen LogP contribution is 2.25. The largest absolute Gasteiger partial charge is 0.376 e. The Morgan fingerprint density at radius 3 is 0.924 bits per heavy atom. The normalized spacial score (nSPS) is 17.3. The highest BCUT2D eigenvalue weighted by atomic mass is 16.5. The van der Waals surface area contributed by atoms with Gasteiger partial charge < -0.3 is 30.5 Å². The monoisotopic (exact) mass is 1130 g/mol. The van der Waals surface area contributed by atoms with Crippen LogP contribution in [0.25, 0.3) is 0 Å². The fourth-order valence-electron chi connectivity index (χ4n) is 8.36. The van der Waals surface area contributed by atoms with E-state index < -0.39 is 0 Å². The lowest BCUT2D eigenvalue weighted by atomic mass is 9.86. The van der Waals surface area contributed by atoms with Gasteiger partial charge in [-0.05, 0) is 234 Å². The molecule has 0 saturated carbocycles. The van der Waals surface area contributed by atoms with Gasteiger partial charge in [0.05, 0.1) is 5.60 Å². The smallest absolute Gasteiger partial charge is 0.0598 e. The summed E-state index contributed by atoms with van der Waals surface area (Å²) >= 11 is 0. The Balaban J connectivity index is -0.000000150. The first-order valence-electron chi connectivity index (χ1n) is 32.4. The Morgan fingerprint density at radius 1 is 0.506 bits per heavy atom. The summed E-state index contributed by atoms with van der Waals surface area (Å²) in [5.74, 6) is 0. The first kappa shape index (κ1) is 92.4. The molecule has 0 aromatic heterocycles. The van der Waals surface area contributed by atoms with E-state index in [0.717, 1.165) is 25.7 Å². The molecule has 488 valence electrons. The molecule has 3 saturated heterocycles. The average Bonchev–Trinajstić information content (AvgIpc) is 3.80. The quantitative estimate of drug-likeness (QED) is 0.210. The van der Waals surface area contributed by atoms with Gasteiger partial charge in [0.15, 0.2) is 0 Å². The summed E-state index contributed by atoms with van der Waals surface area (Å²) in [6, 6.07) is 1.41. The molecule has 0 bridgehead atoms. The number of ether oxygens (including phenoxy) is 1. The van der Waals surface area contributed by atoms with E-state index in [0.29, 0.717) is 50.0 Å². The Bertz CT molecular complexity index is 1150. The third-order valence-corrected chi connectivity index (χ3v) is 13.7. The molecule has 9 heteroatoms. The van der Waals surface area contributed by atoms with E-state index in [2.05, 4.69) is 290 Å². The second kappa shape index (κ2) is 45.9. The van der Waals surface area contributed by atoms with Crippen LogP contribution in [-0.4, -0.2) is 169 Å². The molecule has 3 rings (SSSR count). The van der Waals surface area contributed by atoms with Crippen LogP contribution in [0.1, 0.15) is 302 Å². The van der Waals surface area contributed by atoms with Crippen LogP contribution in [0.5, 0.6) is 0 Å². The van der Waals surface area contributed by atoms with Crippen molar-refractivity contribution in [3.05, 3.63) is 0 Å². The van der Waals surface area contributed by atoms with Gasteiger partial charge in [-0.25, -0.2) is 0 Å². The van der Waals surface area contributed by atoms with E-state index in [1.165, 1.54) is 117 Å². The van der Waals surface area contributed by atoms with Gasteiger partial charge >= 0.3 is 0 Å². The topological polar surface area (TPSA) is 61.5 Å². The van der Waals surface area contributed by atoms with E-state index in [1.807, 2.05) is 6.92 Å². The molecule has 0 amide bonds. The van der Waals surface area contributed by atoms with Gasteiger partial charge in [0.2, 0.25) is 0 Å². The predicted octanol–water partition coefficient (Wildman–Crippen LogP) is 18.1.